The number of fused-ring (bicyclic) bond motifs is 1. The van der Waals surface area contributed by atoms with Crippen LogP contribution >= 0.6 is 11.6 Å². The Morgan fingerprint density at radius 3 is 2.84 bits per heavy atom. The Hall–Kier alpha value is -2.27. The van der Waals surface area contributed by atoms with Gasteiger partial charge in [-0.25, -0.2) is 18.4 Å². The molecule has 3 heterocycles. The van der Waals surface area contributed by atoms with E-state index < -0.39 is 22.0 Å². The first-order chi connectivity index (χ1) is 15.3. The van der Waals surface area contributed by atoms with Gasteiger partial charge in [0.1, 0.15) is 6.04 Å². The Kier molecular flexibility index (Phi) is 6.66. The van der Waals surface area contributed by atoms with E-state index in [1.807, 2.05) is 0 Å². The number of sulfonamides is 1. The molecule has 2 aromatic rings. The largest absolute Gasteiger partial charge is 0.465 e. The number of benzene rings is 1. The fourth-order valence-electron chi connectivity index (χ4n) is 3.84. The molecule has 11 heteroatoms. The summed E-state index contributed by atoms with van der Waals surface area (Å²) in [5.41, 5.74) is 1.60. The number of ether oxygens (including phenoxy) is 2. The van der Waals surface area contributed by atoms with E-state index in [1.165, 1.54) is 13.1 Å². The van der Waals surface area contributed by atoms with E-state index in [0.717, 1.165) is 17.1 Å². The second-order valence-electron chi connectivity index (χ2n) is 7.72. The SMILES string of the molecule is CCOC(=O)[C@@H](C)N1Cc2ccc(-c3nc(NC4CCOCC4)ncc3Cl)cc2S1(=O)=O. The third kappa shape index (κ3) is 4.45. The summed E-state index contributed by atoms with van der Waals surface area (Å²) < 4.78 is 37.8. The van der Waals surface area contributed by atoms with Crippen molar-refractivity contribution in [1.82, 2.24) is 14.3 Å². The number of esters is 1. The molecule has 1 aromatic heterocycles. The number of hydrogen-bond acceptors (Lipinski definition) is 8. The van der Waals surface area contributed by atoms with Crippen LogP contribution in [0.3, 0.4) is 0 Å². The van der Waals surface area contributed by atoms with E-state index in [4.69, 9.17) is 21.1 Å². The van der Waals surface area contributed by atoms with Crippen LogP contribution in [0.15, 0.2) is 29.3 Å². The Bertz CT molecular complexity index is 1120. The summed E-state index contributed by atoms with van der Waals surface area (Å²) in [4.78, 5) is 21.1. The van der Waals surface area contributed by atoms with Gasteiger partial charge in [-0.3, -0.25) is 4.79 Å². The average molecular weight is 481 g/mol. The van der Waals surface area contributed by atoms with Gasteiger partial charge in [-0.15, -0.1) is 0 Å². The second-order valence-corrected chi connectivity index (χ2v) is 9.99. The highest BCUT2D eigenvalue weighted by atomic mass is 35.5. The van der Waals surface area contributed by atoms with Gasteiger partial charge in [-0.2, -0.15) is 4.31 Å². The molecule has 172 valence electrons. The Morgan fingerprint density at radius 1 is 1.38 bits per heavy atom. The summed E-state index contributed by atoms with van der Waals surface area (Å²) in [5.74, 6) is -0.149. The van der Waals surface area contributed by atoms with Crippen LogP contribution < -0.4 is 5.32 Å². The minimum atomic E-state index is -3.87. The molecule has 0 saturated carbocycles. The molecular weight excluding hydrogens is 456 g/mol. The van der Waals surface area contributed by atoms with E-state index >= 15 is 0 Å². The maximum Gasteiger partial charge on any atom is 0.324 e. The summed E-state index contributed by atoms with van der Waals surface area (Å²) in [6, 6.07) is 4.34. The highest BCUT2D eigenvalue weighted by Gasteiger charge is 2.41. The highest BCUT2D eigenvalue weighted by Crippen LogP contribution is 2.36. The number of anilines is 1. The molecule has 0 aliphatic carbocycles. The molecule has 0 spiro atoms. The molecule has 4 rings (SSSR count). The van der Waals surface area contributed by atoms with Gasteiger partial charge in [-0.05, 0) is 38.3 Å². The van der Waals surface area contributed by atoms with Crippen LogP contribution in [0.1, 0.15) is 32.3 Å². The lowest BCUT2D eigenvalue weighted by atomic mass is 10.1. The highest BCUT2D eigenvalue weighted by molar-refractivity contribution is 7.89. The molecule has 9 nitrogen and oxygen atoms in total. The zero-order valence-corrected chi connectivity index (χ0v) is 19.4. The lowest BCUT2D eigenvalue weighted by Gasteiger charge is -2.23. The minimum absolute atomic E-state index is 0.103. The molecule has 1 atom stereocenters. The van der Waals surface area contributed by atoms with Crippen LogP contribution in [-0.4, -0.2) is 60.6 Å². The van der Waals surface area contributed by atoms with Gasteiger partial charge in [0.05, 0.1) is 28.4 Å². The fourth-order valence-corrected chi connectivity index (χ4v) is 5.84. The molecule has 0 unspecified atom stereocenters. The molecule has 1 saturated heterocycles. The summed E-state index contributed by atoms with van der Waals surface area (Å²) in [6.07, 6.45) is 3.21. The fraction of sp³-hybridized carbons (Fsp3) is 0.476. The molecule has 0 amide bonds. The van der Waals surface area contributed by atoms with E-state index in [1.54, 1.807) is 25.1 Å². The predicted octanol–water partition coefficient (Wildman–Crippen LogP) is 2.84. The maximum absolute atomic E-state index is 13.2. The third-order valence-corrected chi connectivity index (χ3v) is 7.89. The average Bonchev–Trinajstić information content (AvgIpc) is 3.05. The van der Waals surface area contributed by atoms with Gasteiger partial charge in [0, 0.05) is 31.4 Å². The number of carbonyl (C=O) groups excluding carboxylic acids is 1. The van der Waals surface area contributed by atoms with Gasteiger partial charge < -0.3 is 14.8 Å². The predicted molar refractivity (Wildman–Crippen MR) is 119 cm³/mol. The topological polar surface area (TPSA) is 111 Å². The van der Waals surface area contributed by atoms with Gasteiger partial charge >= 0.3 is 5.97 Å². The molecular formula is C21H25ClN4O5S. The molecule has 1 N–H and O–H groups in total. The number of nitrogens with zero attached hydrogens (tertiary/aromatic N) is 3. The van der Waals surface area contributed by atoms with Crippen molar-refractivity contribution in [2.75, 3.05) is 25.1 Å². The van der Waals surface area contributed by atoms with Crippen LogP contribution in [0.25, 0.3) is 11.3 Å². The number of hydrogen-bond donors (Lipinski definition) is 1. The number of nitrogens with one attached hydrogen (secondary N) is 1. The Morgan fingerprint density at radius 2 is 2.12 bits per heavy atom. The normalized spacial score (nSPS) is 19.3. The smallest absolute Gasteiger partial charge is 0.324 e. The summed E-state index contributed by atoms with van der Waals surface area (Å²) in [6.45, 7) is 4.86. The van der Waals surface area contributed by atoms with Crippen LogP contribution in [0.2, 0.25) is 5.02 Å². The molecule has 2 aliphatic rings. The number of carbonyl (C=O) groups is 1. The standard InChI is InChI=1S/C21H25ClN4O5S/c1-3-31-20(27)13(2)26-12-15-5-4-14(10-18(15)32(26,28)29)19-17(22)11-23-21(25-19)24-16-6-8-30-9-7-16/h4-5,10-11,13,16H,3,6-9,12H2,1-2H3,(H,23,24,25)/t13-/m1/s1. The van der Waals surface area contributed by atoms with Gasteiger partial charge in [-0.1, -0.05) is 23.7 Å². The van der Waals surface area contributed by atoms with Crippen molar-refractivity contribution in [3.63, 3.8) is 0 Å². The molecule has 1 aromatic carbocycles. The second kappa shape index (κ2) is 9.30. The van der Waals surface area contributed by atoms with Crippen molar-refractivity contribution in [2.45, 2.75) is 50.2 Å². The summed E-state index contributed by atoms with van der Waals surface area (Å²) in [5, 5.41) is 3.61. The summed E-state index contributed by atoms with van der Waals surface area (Å²) >= 11 is 6.36. The minimum Gasteiger partial charge on any atom is -0.465 e. The summed E-state index contributed by atoms with van der Waals surface area (Å²) in [7, 11) is -3.87. The van der Waals surface area contributed by atoms with Crippen LogP contribution in [0.4, 0.5) is 5.95 Å². The lowest BCUT2D eigenvalue weighted by Crippen LogP contribution is -2.40. The van der Waals surface area contributed by atoms with Crippen molar-refractivity contribution in [3.05, 3.63) is 35.0 Å². The van der Waals surface area contributed by atoms with Crippen molar-refractivity contribution in [1.29, 1.82) is 0 Å². The molecule has 0 bridgehead atoms. The quantitative estimate of drug-likeness (QED) is 0.628. The van der Waals surface area contributed by atoms with E-state index in [-0.39, 0.29) is 24.1 Å². The van der Waals surface area contributed by atoms with Gasteiger partial charge in [0.2, 0.25) is 16.0 Å². The van der Waals surface area contributed by atoms with Crippen molar-refractivity contribution in [3.8, 4) is 11.3 Å². The first-order valence-corrected chi connectivity index (χ1v) is 12.3. The van der Waals surface area contributed by atoms with Crippen molar-refractivity contribution in [2.24, 2.45) is 0 Å². The molecule has 1 fully saturated rings. The van der Waals surface area contributed by atoms with E-state index in [2.05, 4.69) is 15.3 Å². The molecule has 0 radical (unpaired) electrons. The van der Waals surface area contributed by atoms with E-state index in [9.17, 15) is 13.2 Å². The van der Waals surface area contributed by atoms with Crippen LogP contribution in [0, 0.1) is 0 Å². The maximum atomic E-state index is 13.2. The van der Waals surface area contributed by atoms with Gasteiger partial charge in [0.15, 0.2) is 0 Å². The number of halogens is 1. The Labute approximate surface area is 192 Å². The first-order valence-electron chi connectivity index (χ1n) is 10.5. The van der Waals surface area contributed by atoms with E-state index in [0.29, 0.717) is 41.0 Å². The van der Waals surface area contributed by atoms with Crippen molar-refractivity contribution < 1.29 is 22.7 Å². The molecule has 2 aliphatic heterocycles. The van der Waals surface area contributed by atoms with Crippen LogP contribution in [-0.2, 0) is 30.8 Å². The zero-order valence-electron chi connectivity index (χ0n) is 17.9. The number of rotatable bonds is 6. The molecule has 32 heavy (non-hydrogen) atoms. The third-order valence-electron chi connectivity index (χ3n) is 5.61. The lowest BCUT2D eigenvalue weighted by molar-refractivity contribution is -0.147. The first kappa shape index (κ1) is 22.9. The van der Waals surface area contributed by atoms with Gasteiger partial charge in [0.25, 0.3) is 0 Å². The number of aromatic nitrogens is 2. The monoisotopic (exact) mass is 480 g/mol. The Balaban J connectivity index is 1.63. The van der Waals surface area contributed by atoms with Crippen LogP contribution in [0.5, 0.6) is 0 Å². The zero-order chi connectivity index (χ0) is 22.9. The van der Waals surface area contributed by atoms with Crippen molar-refractivity contribution >= 4 is 33.5 Å².